The normalized spacial score (nSPS) is 22.1. The zero-order chi connectivity index (χ0) is 10.1. The first kappa shape index (κ1) is 9.66. The van der Waals surface area contributed by atoms with Crippen molar-refractivity contribution in [3.8, 4) is 0 Å². The Kier molecular flexibility index (Phi) is 2.55. The van der Waals surface area contributed by atoms with Crippen LogP contribution in [0.2, 0.25) is 0 Å². The fourth-order valence-electron chi connectivity index (χ4n) is 2.33. The molecule has 1 aromatic carbocycles. The van der Waals surface area contributed by atoms with Gasteiger partial charge in [0.05, 0.1) is 0 Å². The van der Waals surface area contributed by atoms with Gasteiger partial charge in [-0.1, -0.05) is 13.0 Å². The summed E-state index contributed by atoms with van der Waals surface area (Å²) in [6, 6.07) is 5.59. The summed E-state index contributed by atoms with van der Waals surface area (Å²) in [6.07, 6.45) is 2.09. The molecule has 1 unspecified atom stereocenters. The molecule has 0 aliphatic carbocycles. The molecule has 2 heteroatoms. The maximum atomic E-state index is 13.1. The number of likely N-dealkylation sites (N-methyl/N-ethyl adjacent to an activating group) is 1. The molecule has 0 bridgehead atoms. The zero-order valence-electron chi connectivity index (χ0n) is 8.76. The van der Waals surface area contributed by atoms with Gasteiger partial charge < -0.3 is 0 Å². The zero-order valence-corrected chi connectivity index (χ0v) is 8.76. The number of rotatable bonds is 1. The van der Waals surface area contributed by atoms with Gasteiger partial charge in [0.25, 0.3) is 0 Å². The van der Waals surface area contributed by atoms with E-state index in [1.807, 2.05) is 6.07 Å². The fourth-order valence-corrected chi connectivity index (χ4v) is 2.33. The van der Waals surface area contributed by atoms with Crippen molar-refractivity contribution in [2.45, 2.75) is 25.8 Å². The van der Waals surface area contributed by atoms with Gasteiger partial charge in [0.1, 0.15) is 5.82 Å². The van der Waals surface area contributed by atoms with Crippen molar-refractivity contribution in [1.82, 2.24) is 4.90 Å². The average Bonchev–Trinajstić information content (AvgIpc) is 2.17. The fraction of sp³-hybridized carbons (Fsp3) is 0.500. The van der Waals surface area contributed by atoms with E-state index in [0.29, 0.717) is 6.04 Å². The first-order valence-electron chi connectivity index (χ1n) is 5.21. The first-order valence-corrected chi connectivity index (χ1v) is 5.21. The summed E-state index contributed by atoms with van der Waals surface area (Å²) in [5.41, 5.74) is 2.50. The van der Waals surface area contributed by atoms with Gasteiger partial charge in [-0.05, 0) is 43.1 Å². The number of halogens is 1. The highest BCUT2D eigenvalue weighted by atomic mass is 19.1. The van der Waals surface area contributed by atoms with Crippen molar-refractivity contribution in [1.29, 1.82) is 0 Å². The molecule has 0 aromatic heterocycles. The lowest BCUT2D eigenvalue weighted by atomic mass is 9.91. The topological polar surface area (TPSA) is 3.24 Å². The molecule has 1 aliphatic heterocycles. The van der Waals surface area contributed by atoms with Crippen molar-refractivity contribution in [2.24, 2.45) is 0 Å². The average molecular weight is 193 g/mol. The van der Waals surface area contributed by atoms with Crippen LogP contribution in [0.5, 0.6) is 0 Å². The molecular weight excluding hydrogens is 177 g/mol. The van der Waals surface area contributed by atoms with Crippen molar-refractivity contribution in [3.05, 3.63) is 35.1 Å². The van der Waals surface area contributed by atoms with E-state index in [2.05, 4.69) is 18.9 Å². The second-order valence-corrected chi connectivity index (χ2v) is 4.00. The van der Waals surface area contributed by atoms with Crippen molar-refractivity contribution in [2.75, 3.05) is 13.6 Å². The van der Waals surface area contributed by atoms with Crippen LogP contribution in [0.1, 0.15) is 30.5 Å². The van der Waals surface area contributed by atoms with Crippen LogP contribution in [0.4, 0.5) is 4.39 Å². The predicted molar refractivity (Wildman–Crippen MR) is 55.8 cm³/mol. The van der Waals surface area contributed by atoms with E-state index in [1.54, 1.807) is 12.1 Å². The minimum atomic E-state index is -0.113. The monoisotopic (exact) mass is 193 g/mol. The minimum absolute atomic E-state index is 0.113. The molecule has 14 heavy (non-hydrogen) atoms. The van der Waals surface area contributed by atoms with Gasteiger partial charge in [-0.3, -0.25) is 4.90 Å². The molecule has 76 valence electrons. The maximum absolute atomic E-state index is 13.1. The maximum Gasteiger partial charge on any atom is 0.123 e. The van der Waals surface area contributed by atoms with Gasteiger partial charge in [0.15, 0.2) is 0 Å². The first-order chi connectivity index (χ1) is 6.72. The highest BCUT2D eigenvalue weighted by molar-refractivity contribution is 5.33. The Morgan fingerprint density at radius 1 is 1.50 bits per heavy atom. The third kappa shape index (κ3) is 1.55. The Balaban J connectivity index is 2.43. The van der Waals surface area contributed by atoms with E-state index in [0.717, 1.165) is 19.4 Å². The van der Waals surface area contributed by atoms with Gasteiger partial charge >= 0.3 is 0 Å². The third-order valence-electron chi connectivity index (χ3n) is 3.12. The van der Waals surface area contributed by atoms with E-state index >= 15 is 0 Å². The molecule has 2 rings (SSSR count). The molecule has 1 atom stereocenters. The molecule has 1 aromatic rings. The van der Waals surface area contributed by atoms with Crippen molar-refractivity contribution in [3.63, 3.8) is 0 Å². The van der Waals surface area contributed by atoms with E-state index in [1.165, 1.54) is 11.1 Å². The molecule has 0 fully saturated rings. The Morgan fingerprint density at radius 2 is 2.29 bits per heavy atom. The van der Waals surface area contributed by atoms with E-state index < -0.39 is 0 Å². The molecule has 1 aliphatic rings. The van der Waals surface area contributed by atoms with Crippen LogP contribution in [0.15, 0.2) is 18.2 Å². The standard InChI is InChI=1S/C12H16FN/c1-3-12-11-8-10(13)5-4-9(11)6-7-14(12)2/h4-5,8,12H,3,6-7H2,1-2H3. The number of hydrogen-bond donors (Lipinski definition) is 0. The lowest BCUT2D eigenvalue weighted by Gasteiger charge is -2.33. The third-order valence-corrected chi connectivity index (χ3v) is 3.12. The second-order valence-electron chi connectivity index (χ2n) is 4.00. The highest BCUT2D eigenvalue weighted by Gasteiger charge is 2.23. The van der Waals surface area contributed by atoms with Gasteiger partial charge in [-0.15, -0.1) is 0 Å². The summed E-state index contributed by atoms with van der Waals surface area (Å²) in [7, 11) is 2.11. The van der Waals surface area contributed by atoms with Crippen molar-refractivity contribution >= 4 is 0 Å². The lowest BCUT2D eigenvalue weighted by molar-refractivity contribution is 0.224. The summed E-state index contributed by atoms with van der Waals surface area (Å²) in [5.74, 6) is -0.113. The van der Waals surface area contributed by atoms with Crippen LogP contribution in [-0.4, -0.2) is 18.5 Å². The van der Waals surface area contributed by atoms with Gasteiger partial charge in [0, 0.05) is 12.6 Å². The number of hydrogen-bond acceptors (Lipinski definition) is 1. The summed E-state index contributed by atoms with van der Waals surface area (Å²) < 4.78 is 13.1. The van der Waals surface area contributed by atoms with Crippen LogP contribution in [0.3, 0.4) is 0 Å². The molecule has 1 heterocycles. The van der Waals surface area contributed by atoms with Gasteiger partial charge in [0.2, 0.25) is 0 Å². The van der Waals surface area contributed by atoms with Crippen LogP contribution in [0, 0.1) is 5.82 Å². The molecular formula is C12H16FN. The summed E-state index contributed by atoms with van der Waals surface area (Å²) >= 11 is 0. The van der Waals surface area contributed by atoms with E-state index in [-0.39, 0.29) is 5.82 Å². The Bertz CT molecular complexity index is 335. The summed E-state index contributed by atoms with van der Waals surface area (Å²) in [4.78, 5) is 2.31. The molecule has 0 N–H and O–H groups in total. The molecule has 1 nitrogen and oxygen atoms in total. The molecule has 0 saturated heterocycles. The van der Waals surface area contributed by atoms with Gasteiger partial charge in [-0.2, -0.15) is 0 Å². The Morgan fingerprint density at radius 3 is 3.00 bits per heavy atom. The van der Waals surface area contributed by atoms with E-state index in [9.17, 15) is 4.39 Å². The smallest absolute Gasteiger partial charge is 0.123 e. The van der Waals surface area contributed by atoms with Crippen LogP contribution >= 0.6 is 0 Å². The summed E-state index contributed by atoms with van der Waals surface area (Å²) in [6.45, 7) is 3.23. The molecule has 0 spiro atoms. The van der Waals surface area contributed by atoms with Crippen molar-refractivity contribution < 1.29 is 4.39 Å². The quantitative estimate of drug-likeness (QED) is 0.663. The minimum Gasteiger partial charge on any atom is -0.299 e. The van der Waals surface area contributed by atoms with Gasteiger partial charge in [-0.25, -0.2) is 4.39 Å². The molecule has 0 amide bonds. The molecule has 0 radical (unpaired) electrons. The largest absolute Gasteiger partial charge is 0.299 e. The number of nitrogens with zero attached hydrogens (tertiary/aromatic N) is 1. The second kappa shape index (κ2) is 3.70. The Labute approximate surface area is 84.5 Å². The SMILES string of the molecule is CCC1c2cc(F)ccc2CCN1C. The summed E-state index contributed by atoms with van der Waals surface area (Å²) in [5, 5.41) is 0. The number of benzene rings is 1. The van der Waals surface area contributed by atoms with Crippen LogP contribution in [-0.2, 0) is 6.42 Å². The molecule has 0 saturated carbocycles. The predicted octanol–water partition coefficient (Wildman–Crippen LogP) is 2.76. The lowest BCUT2D eigenvalue weighted by Crippen LogP contribution is -2.31. The highest BCUT2D eigenvalue weighted by Crippen LogP contribution is 2.31. The number of fused-ring (bicyclic) bond motifs is 1. The van der Waals surface area contributed by atoms with Crippen LogP contribution in [0.25, 0.3) is 0 Å². The van der Waals surface area contributed by atoms with E-state index in [4.69, 9.17) is 0 Å². The van der Waals surface area contributed by atoms with Crippen LogP contribution < -0.4 is 0 Å². The Hall–Kier alpha value is -0.890.